The molecule has 0 radical (unpaired) electrons. The molecule has 4 heteroatoms. The van der Waals surface area contributed by atoms with Crippen LogP contribution in [0.25, 0.3) is 0 Å². The van der Waals surface area contributed by atoms with Crippen molar-refractivity contribution in [3.05, 3.63) is 46.6 Å². The minimum Gasteiger partial charge on any atom is -0.467 e. The van der Waals surface area contributed by atoms with E-state index in [4.69, 9.17) is 21.7 Å². The summed E-state index contributed by atoms with van der Waals surface area (Å²) in [5, 5.41) is 3.43. The SMILES string of the molecule is COCCNC(=S)OCC=C(C)CCC=C(C)CCC=C(C)CCC=C(C)C. The van der Waals surface area contributed by atoms with Gasteiger partial charge in [-0.3, -0.25) is 0 Å². The van der Waals surface area contributed by atoms with Crippen LogP contribution in [0.4, 0.5) is 0 Å². The van der Waals surface area contributed by atoms with Gasteiger partial charge in [-0.2, -0.15) is 0 Å². The molecule has 0 heterocycles. The van der Waals surface area contributed by atoms with Crippen LogP contribution in [0.3, 0.4) is 0 Å². The summed E-state index contributed by atoms with van der Waals surface area (Å²) >= 11 is 5.10. The third-order valence-electron chi connectivity index (χ3n) is 4.38. The average molecular weight is 408 g/mol. The molecule has 0 aliphatic heterocycles. The molecule has 0 spiro atoms. The van der Waals surface area contributed by atoms with Crippen LogP contribution in [0.2, 0.25) is 0 Å². The molecule has 0 aliphatic carbocycles. The van der Waals surface area contributed by atoms with Gasteiger partial charge in [0.1, 0.15) is 6.61 Å². The molecule has 0 atom stereocenters. The van der Waals surface area contributed by atoms with E-state index in [2.05, 4.69) is 64.2 Å². The highest BCUT2D eigenvalue weighted by Crippen LogP contribution is 2.13. The first-order valence-corrected chi connectivity index (χ1v) is 10.8. The Morgan fingerprint density at radius 2 is 1.29 bits per heavy atom. The van der Waals surface area contributed by atoms with E-state index in [0.29, 0.717) is 24.9 Å². The van der Waals surface area contributed by atoms with Gasteiger partial charge in [-0.25, -0.2) is 0 Å². The molecule has 0 amide bonds. The van der Waals surface area contributed by atoms with Crippen molar-refractivity contribution >= 4 is 17.4 Å². The minimum absolute atomic E-state index is 0.432. The van der Waals surface area contributed by atoms with Crippen LogP contribution in [0.5, 0.6) is 0 Å². The Hall–Kier alpha value is -1.39. The fourth-order valence-corrected chi connectivity index (χ4v) is 2.72. The largest absolute Gasteiger partial charge is 0.467 e. The molecular formula is C24H41NO2S. The van der Waals surface area contributed by atoms with E-state index in [1.165, 1.54) is 28.7 Å². The molecule has 0 fully saturated rings. The predicted octanol–water partition coefficient (Wildman–Crippen LogP) is 6.67. The van der Waals surface area contributed by atoms with Crippen LogP contribution in [-0.4, -0.2) is 32.0 Å². The van der Waals surface area contributed by atoms with E-state index in [1.54, 1.807) is 7.11 Å². The highest BCUT2D eigenvalue weighted by atomic mass is 32.1. The summed E-state index contributed by atoms with van der Waals surface area (Å²) in [6, 6.07) is 0. The van der Waals surface area contributed by atoms with Crippen LogP contribution in [0.15, 0.2) is 46.6 Å². The molecule has 0 rings (SSSR count). The van der Waals surface area contributed by atoms with Crippen molar-refractivity contribution < 1.29 is 9.47 Å². The van der Waals surface area contributed by atoms with E-state index >= 15 is 0 Å². The lowest BCUT2D eigenvalue weighted by atomic mass is 10.0. The number of ether oxygens (including phenoxy) is 2. The molecule has 0 aliphatic rings. The molecule has 0 saturated heterocycles. The average Bonchev–Trinajstić information content (AvgIpc) is 2.61. The fourth-order valence-electron chi connectivity index (χ4n) is 2.55. The van der Waals surface area contributed by atoms with Gasteiger partial charge in [0.25, 0.3) is 5.17 Å². The molecule has 28 heavy (non-hydrogen) atoms. The third-order valence-corrected chi connectivity index (χ3v) is 4.64. The Morgan fingerprint density at radius 3 is 1.79 bits per heavy atom. The van der Waals surface area contributed by atoms with Gasteiger partial charge in [0.05, 0.1) is 6.61 Å². The Bertz CT molecular complexity index is 555. The Balaban J connectivity index is 3.97. The van der Waals surface area contributed by atoms with E-state index in [1.807, 2.05) is 0 Å². The molecule has 0 aromatic rings. The molecule has 0 unspecified atom stereocenters. The maximum absolute atomic E-state index is 5.47. The lowest BCUT2D eigenvalue weighted by Gasteiger charge is -2.08. The van der Waals surface area contributed by atoms with E-state index < -0.39 is 0 Å². The highest BCUT2D eigenvalue weighted by Gasteiger charge is 1.96. The molecule has 160 valence electrons. The Morgan fingerprint density at radius 1 is 0.786 bits per heavy atom. The zero-order valence-corrected chi connectivity index (χ0v) is 19.7. The fraction of sp³-hybridized carbons (Fsp3) is 0.625. The summed E-state index contributed by atoms with van der Waals surface area (Å²) in [6.45, 7) is 12.8. The van der Waals surface area contributed by atoms with Gasteiger partial charge in [0.2, 0.25) is 0 Å². The van der Waals surface area contributed by atoms with E-state index in [0.717, 1.165) is 32.1 Å². The smallest absolute Gasteiger partial charge is 0.257 e. The first-order valence-electron chi connectivity index (χ1n) is 10.3. The maximum Gasteiger partial charge on any atom is 0.257 e. The lowest BCUT2D eigenvalue weighted by molar-refractivity contribution is 0.201. The molecule has 1 N–H and O–H groups in total. The number of methoxy groups -OCH3 is 1. The molecule has 0 aromatic heterocycles. The van der Waals surface area contributed by atoms with Gasteiger partial charge < -0.3 is 14.8 Å². The van der Waals surface area contributed by atoms with Crippen LogP contribution < -0.4 is 5.32 Å². The Labute approximate surface area is 179 Å². The van der Waals surface area contributed by atoms with Crippen LogP contribution in [-0.2, 0) is 9.47 Å². The van der Waals surface area contributed by atoms with Gasteiger partial charge >= 0.3 is 0 Å². The van der Waals surface area contributed by atoms with Crippen molar-refractivity contribution in [2.45, 2.75) is 73.1 Å². The number of hydrogen-bond acceptors (Lipinski definition) is 3. The maximum atomic E-state index is 5.47. The summed E-state index contributed by atoms with van der Waals surface area (Å²) in [5.74, 6) is 0. The zero-order chi connectivity index (χ0) is 21.2. The summed E-state index contributed by atoms with van der Waals surface area (Å²) < 4.78 is 10.4. The lowest BCUT2D eigenvalue weighted by Crippen LogP contribution is -2.27. The molecule has 3 nitrogen and oxygen atoms in total. The zero-order valence-electron chi connectivity index (χ0n) is 18.9. The summed E-state index contributed by atoms with van der Waals surface area (Å²) in [4.78, 5) is 0. The summed E-state index contributed by atoms with van der Waals surface area (Å²) in [6.07, 6.45) is 15.9. The number of hydrogen-bond donors (Lipinski definition) is 1. The first kappa shape index (κ1) is 26.6. The van der Waals surface area contributed by atoms with Crippen molar-refractivity contribution in [2.24, 2.45) is 0 Å². The van der Waals surface area contributed by atoms with Crippen LogP contribution >= 0.6 is 12.2 Å². The van der Waals surface area contributed by atoms with Crippen molar-refractivity contribution in [3.63, 3.8) is 0 Å². The Kier molecular flexibility index (Phi) is 16.8. The summed E-state index contributed by atoms with van der Waals surface area (Å²) in [7, 11) is 1.67. The predicted molar refractivity (Wildman–Crippen MR) is 127 cm³/mol. The van der Waals surface area contributed by atoms with Gasteiger partial charge in [0, 0.05) is 13.7 Å². The second-order valence-electron chi connectivity index (χ2n) is 7.57. The van der Waals surface area contributed by atoms with Gasteiger partial charge in [-0.1, -0.05) is 40.5 Å². The first-order chi connectivity index (χ1) is 13.3. The van der Waals surface area contributed by atoms with E-state index in [9.17, 15) is 0 Å². The quantitative estimate of drug-likeness (QED) is 0.198. The van der Waals surface area contributed by atoms with Crippen LogP contribution in [0.1, 0.15) is 73.1 Å². The van der Waals surface area contributed by atoms with Gasteiger partial charge in [-0.15, -0.1) is 0 Å². The van der Waals surface area contributed by atoms with Crippen molar-refractivity contribution in [1.82, 2.24) is 5.32 Å². The molecular weight excluding hydrogens is 366 g/mol. The second kappa shape index (κ2) is 17.7. The second-order valence-corrected chi connectivity index (χ2v) is 7.94. The van der Waals surface area contributed by atoms with Gasteiger partial charge in [0.15, 0.2) is 0 Å². The van der Waals surface area contributed by atoms with E-state index in [-0.39, 0.29) is 0 Å². The topological polar surface area (TPSA) is 30.5 Å². The van der Waals surface area contributed by atoms with Gasteiger partial charge in [-0.05, 0) is 91.4 Å². The number of thiocarbonyl (C=S) groups is 1. The minimum atomic E-state index is 0.432. The number of rotatable bonds is 14. The molecule has 0 aromatic carbocycles. The molecule has 0 bridgehead atoms. The highest BCUT2D eigenvalue weighted by molar-refractivity contribution is 7.80. The normalized spacial score (nSPS) is 12.7. The number of nitrogens with one attached hydrogen (secondary N) is 1. The van der Waals surface area contributed by atoms with Crippen molar-refractivity contribution in [2.75, 3.05) is 26.9 Å². The monoisotopic (exact) mass is 407 g/mol. The van der Waals surface area contributed by atoms with Crippen LogP contribution in [0, 0.1) is 0 Å². The summed E-state index contributed by atoms with van der Waals surface area (Å²) in [5.41, 5.74) is 5.71. The van der Waals surface area contributed by atoms with Crippen molar-refractivity contribution in [3.8, 4) is 0 Å². The van der Waals surface area contributed by atoms with Crippen molar-refractivity contribution in [1.29, 1.82) is 0 Å². The third kappa shape index (κ3) is 18.0. The number of allylic oxidation sites excluding steroid dienone is 7. The molecule has 0 saturated carbocycles. The standard InChI is InChI=1S/C24H41NO2S/c1-20(2)10-7-11-21(3)12-8-13-22(4)14-9-15-23(5)16-18-27-24(28)25-17-19-26-6/h10,12,14,16H,7-9,11,13,15,17-19H2,1-6H3,(H,25,28).